The molecule has 0 radical (unpaired) electrons. The average molecular weight is 471 g/mol. The third-order valence-electron chi connectivity index (χ3n) is 7.02. The van der Waals surface area contributed by atoms with Gasteiger partial charge in [0, 0.05) is 0 Å². The summed E-state index contributed by atoms with van der Waals surface area (Å²) in [6, 6.07) is 0. The lowest BCUT2D eigenvalue weighted by molar-refractivity contribution is -0.110. The molecule has 2 aromatic heterocycles. The zero-order chi connectivity index (χ0) is 23.6. The van der Waals surface area contributed by atoms with Crippen LogP contribution in [0.1, 0.15) is 64.9 Å². The number of fused-ring (bicyclic) bond motifs is 6. The van der Waals surface area contributed by atoms with Crippen molar-refractivity contribution in [3.63, 3.8) is 0 Å². The maximum absolute atomic E-state index is 13.3. The number of nitrogens with zero attached hydrogens (tertiary/aromatic N) is 4. The Morgan fingerprint density at radius 3 is 2.47 bits per heavy atom. The zero-order valence-electron chi connectivity index (χ0n) is 18.4. The maximum Gasteiger partial charge on any atom is 0.359 e. The monoisotopic (exact) mass is 471 g/mol. The highest BCUT2D eigenvalue weighted by atomic mass is 31.2. The first-order valence-corrected chi connectivity index (χ1v) is 12.3. The number of ether oxygens (including phenoxy) is 1. The van der Waals surface area contributed by atoms with Crippen LogP contribution in [-0.4, -0.2) is 69.0 Å². The summed E-state index contributed by atoms with van der Waals surface area (Å²) in [5, 5.41) is 30.3. The molecule has 0 aliphatic carbocycles. The van der Waals surface area contributed by atoms with E-state index in [0.717, 1.165) is 0 Å². The van der Waals surface area contributed by atoms with Crippen molar-refractivity contribution >= 4 is 24.6 Å². The highest BCUT2D eigenvalue weighted by Crippen LogP contribution is 2.63. The number of aliphatic hydroxyl groups is 3. The zero-order valence-corrected chi connectivity index (χ0v) is 19.3. The van der Waals surface area contributed by atoms with E-state index < -0.39 is 49.0 Å². The third-order valence-corrected chi connectivity index (χ3v) is 9.37. The summed E-state index contributed by atoms with van der Waals surface area (Å²) in [7, 11) is -4.57. The first kappa shape index (κ1) is 23.5. The SMILES string of the molecule is CCC(C)(OP(=O)(O)C(O)(CC)CC)C1c2nc3c(N)ncnc3n2C2OC1C(O)C2O. The molecule has 7 atom stereocenters. The molecule has 13 heteroatoms. The maximum atomic E-state index is 13.3. The molecule has 1 saturated heterocycles. The van der Waals surface area contributed by atoms with Crippen molar-refractivity contribution in [2.45, 2.75) is 88.4 Å². The average Bonchev–Trinajstić information content (AvgIpc) is 3.26. The summed E-state index contributed by atoms with van der Waals surface area (Å²) in [5.41, 5.74) is 5.16. The second-order valence-corrected chi connectivity index (χ2v) is 10.7. The van der Waals surface area contributed by atoms with E-state index in [1.165, 1.54) is 10.9 Å². The molecule has 4 rings (SSSR count). The fourth-order valence-electron chi connectivity index (χ4n) is 4.71. The molecule has 2 aliphatic rings. The van der Waals surface area contributed by atoms with Crippen LogP contribution >= 0.6 is 7.60 Å². The van der Waals surface area contributed by atoms with Gasteiger partial charge in [0.05, 0.1) is 11.5 Å². The van der Waals surface area contributed by atoms with Gasteiger partial charge in [-0.2, -0.15) is 0 Å². The molecule has 7 unspecified atom stereocenters. The number of rotatable bonds is 7. The Morgan fingerprint density at radius 2 is 1.88 bits per heavy atom. The highest BCUT2D eigenvalue weighted by molar-refractivity contribution is 7.54. The summed E-state index contributed by atoms with van der Waals surface area (Å²) in [5.74, 6) is -0.423. The summed E-state index contributed by atoms with van der Waals surface area (Å²) in [4.78, 5) is 23.6. The van der Waals surface area contributed by atoms with Gasteiger partial charge in [-0.15, -0.1) is 0 Å². The van der Waals surface area contributed by atoms with Crippen LogP contribution in [-0.2, 0) is 13.8 Å². The summed E-state index contributed by atoms with van der Waals surface area (Å²) >= 11 is 0. The second-order valence-electron chi connectivity index (χ2n) is 8.69. The lowest BCUT2D eigenvalue weighted by atomic mass is 9.80. The van der Waals surface area contributed by atoms with Crippen molar-refractivity contribution in [1.82, 2.24) is 19.5 Å². The van der Waals surface area contributed by atoms with Gasteiger partial charge >= 0.3 is 7.60 Å². The normalized spacial score (nSPS) is 31.3. The van der Waals surface area contributed by atoms with Crippen molar-refractivity contribution in [3.8, 4) is 0 Å². The van der Waals surface area contributed by atoms with Crippen molar-refractivity contribution in [1.29, 1.82) is 0 Å². The predicted molar refractivity (Wildman–Crippen MR) is 114 cm³/mol. The Hall–Kier alpha value is -1.66. The fourth-order valence-corrected chi connectivity index (χ4v) is 6.49. The van der Waals surface area contributed by atoms with Crippen LogP contribution in [0.2, 0.25) is 0 Å². The number of nitrogen functional groups attached to an aromatic ring is 1. The molecule has 0 spiro atoms. The largest absolute Gasteiger partial charge is 0.387 e. The van der Waals surface area contributed by atoms with Crippen LogP contribution < -0.4 is 5.73 Å². The number of aromatic nitrogens is 4. The molecule has 2 aromatic rings. The summed E-state index contributed by atoms with van der Waals surface area (Å²) in [6.45, 7) is 6.56. The molecular weight excluding hydrogens is 441 g/mol. The molecule has 0 aromatic carbocycles. The lowest BCUT2D eigenvalue weighted by Crippen LogP contribution is -2.48. The van der Waals surface area contributed by atoms with Crippen LogP contribution in [0, 0.1) is 0 Å². The van der Waals surface area contributed by atoms with E-state index in [1.54, 1.807) is 27.7 Å². The predicted octanol–water partition coefficient (Wildman–Crippen LogP) is 1.00. The van der Waals surface area contributed by atoms with Crippen LogP contribution in [0.5, 0.6) is 0 Å². The van der Waals surface area contributed by atoms with Crippen molar-refractivity contribution in [2.24, 2.45) is 0 Å². The Kier molecular flexibility index (Phi) is 5.65. The molecule has 1 fully saturated rings. The minimum absolute atomic E-state index is 0.00964. The smallest absolute Gasteiger partial charge is 0.359 e. The number of anilines is 1. The Bertz CT molecular complexity index is 1080. The fraction of sp³-hybridized carbons (Fsp3) is 0.737. The molecule has 178 valence electrons. The van der Waals surface area contributed by atoms with E-state index in [-0.39, 0.29) is 30.6 Å². The summed E-state index contributed by atoms with van der Waals surface area (Å²) < 4.78 is 26.6. The second kappa shape index (κ2) is 7.69. The first-order chi connectivity index (χ1) is 14.9. The molecular formula is C19H30N5O7P. The number of nitrogens with two attached hydrogens (primary N) is 1. The molecule has 2 aliphatic heterocycles. The minimum Gasteiger partial charge on any atom is -0.387 e. The van der Waals surface area contributed by atoms with E-state index in [2.05, 4.69) is 15.0 Å². The van der Waals surface area contributed by atoms with Gasteiger partial charge in [-0.3, -0.25) is 13.7 Å². The molecule has 32 heavy (non-hydrogen) atoms. The van der Waals surface area contributed by atoms with Gasteiger partial charge in [0.2, 0.25) is 0 Å². The van der Waals surface area contributed by atoms with Crippen molar-refractivity contribution in [3.05, 3.63) is 12.2 Å². The molecule has 4 heterocycles. The van der Waals surface area contributed by atoms with Crippen LogP contribution in [0.15, 0.2) is 6.33 Å². The highest BCUT2D eigenvalue weighted by Gasteiger charge is 2.61. The number of hydrogen-bond donors (Lipinski definition) is 5. The minimum atomic E-state index is -4.57. The van der Waals surface area contributed by atoms with E-state index in [1.807, 2.05) is 0 Å². The van der Waals surface area contributed by atoms with Gasteiger partial charge < -0.3 is 30.7 Å². The quantitative estimate of drug-likeness (QED) is 0.363. The first-order valence-electron chi connectivity index (χ1n) is 10.7. The number of imidazole rings is 1. The standard InChI is InChI=1S/C19H30N5O7P/c1-5-18(4,31-32(28,29)19(27,6-2)7-3)9-13-11(25)12(26)17(30-13)24-15(9)23-10-14(20)21-8-22-16(10)24/h8-9,11-13,17,25-27H,5-7H2,1-4H3,(H,28,29)(H2,20,21,22). The molecule has 0 saturated carbocycles. The Balaban J connectivity index is 1.89. The van der Waals surface area contributed by atoms with Crippen LogP contribution in [0.3, 0.4) is 0 Å². The van der Waals surface area contributed by atoms with Crippen molar-refractivity contribution < 1.29 is 34.0 Å². The van der Waals surface area contributed by atoms with Gasteiger partial charge in [-0.1, -0.05) is 20.8 Å². The third kappa shape index (κ3) is 3.12. The molecule has 0 amide bonds. The lowest BCUT2D eigenvalue weighted by Gasteiger charge is -2.44. The van der Waals surface area contributed by atoms with Gasteiger partial charge in [-0.25, -0.2) is 15.0 Å². The van der Waals surface area contributed by atoms with E-state index in [9.17, 15) is 24.8 Å². The topological polar surface area (TPSA) is 186 Å². The molecule has 12 nitrogen and oxygen atoms in total. The molecule has 6 N–H and O–H groups in total. The van der Waals surface area contributed by atoms with Crippen LogP contribution in [0.4, 0.5) is 5.82 Å². The van der Waals surface area contributed by atoms with Gasteiger partial charge in [0.15, 0.2) is 28.6 Å². The summed E-state index contributed by atoms with van der Waals surface area (Å²) in [6.07, 6.45) is -3.05. The Labute approximate surface area is 184 Å². The number of hydrogen-bond acceptors (Lipinski definition) is 10. The van der Waals surface area contributed by atoms with Gasteiger partial charge in [0.25, 0.3) is 0 Å². The van der Waals surface area contributed by atoms with E-state index in [0.29, 0.717) is 11.5 Å². The Morgan fingerprint density at radius 1 is 1.22 bits per heavy atom. The van der Waals surface area contributed by atoms with E-state index >= 15 is 0 Å². The number of aliphatic hydroxyl groups excluding tert-OH is 2. The van der Waals surface area contributed by atoms with Crippen LogP contribution in [0.25, 0.3) is 11.2 Å². The van der Waals surface area contributed by atoms with E-state index in [4.69, 9.17) is 15.0 Å². The van der Waals surface area contributed by atoms with Gasteiger partial charge in [-0.05, 0) is 26.2 Å². The van der Waals surface area contributed by atoms with Gasteiger partial charge in [0.1, 0.15) is 30.5 Å². The molecule has 2 bridgehead atoms. The van der Waals surface area contributed by atoms with Crippen molar-refractivity contribution in [2.75, 3.05) is 5.73 Å².